The van der Waals surface area contributed by atoms with E-state index < -0.39 is 4.92 Å². The second-order valence-electron chi connectivity index (χ2n) is 4.36. The quantitative estimate of drug-likeness (QED) is 0.540. The van der Waals surface area contributed by atoms with Crippen LogP contribution in [0.5, 0.6) is 0 Å². The molecule has 2 heterocycles. The molecule has 3 aromatic rings. The first kappa shape index (κ1) is 13.2. The van der Waals surface area contributed by atoms with E-state index in [0.717, 1.165) is 0 Å². The highest BCUT2D eigenvalue weighted by molar-refractivity contribution is 5.92. The van der Waals surface area contributed by atoms with Crippen LogP contribution < -0.4 is 0 Å². The summed E-state index contributed by atoms with van der Waals surface area (Å²) in [7, 11) is 1.55. The predicted octanol–water partition coefficient (Wildman–Crippen LogP) is 2.94. The van der Waals surface area contributed by atoms with Gasteiger partial charge in [0, 0.05) is 24.6 Å². The molecule has 0 aliphatic rings. The summed E-state index contributed by atoms with van der Waals surface area (Å²) in [6, 6.07) is 7.94. The molecule has 0 atom stereocenters. The molecule has 0 unspecified atom stereocenters. The van der Waals surface area contributed by atoms with Crippen molar-refractivity contribution in [3.05, 3.63) is 52.5 Å². The van der Waals surface area contributed by atoms with Gasteiger partial charge in [0.15, 0.2) is 11.6 Å². The fourth-order valence-corrected chi connectivity index (χ4v) is 2.07. The third kappa shape index (κ3) is 2.46. The van der Waals surface area contributed by atoms with Crippen molar-refractivity contribution in [1.29, 1.82) is 0 Å². The van der Waals surface area contributed by atoms with Gasteiger partial charge in [0.1, 0.15) is 12.3 Å². The first-order valence-corrected chi connectivity index (χ1v) is 6.17. The molecule has 0 aliphatic carbocycles. The zero-order valence-corrected chi connectivity index (χ0v) is 11.1. The predicted molar refractivity (Wildman–Crippen MR) is 74.6 cm³/mol. The highest BCUT2D eigenvalue weighted by Gasteiger charge is 2.15. The van der Waals surface area contributed by atoms with E-state index in [1.807, 2.05) is 0 Å². The molecule has 0 saturated carbocycles. The number of hydrogen-bond acceptors (Lipinski definition) is 6. The second-order valence-corrected chi connectivity index (χ2v) is 4.36. The van der Waals surface area contributed by atoms with Crippen molar-refractivity contribution in [1.82, 2.24) is 9.97 Å². The molecule has 0 aliphatic heterocycles. The van der Waals surface area contributed by atoms with E-state index in [0.29, 0.717) is 28.2 Å². The number of methoxy groups -OCH3 is 1. The van der Waals surface area contributed by atoms with Gasteiger partial charge in [-0.3, -0.25) is 10.1 Å². The fourth-order valence-electron chi connectivity index (χ4n) is 2.07. The fraction of sp³-hybridized carbons (Fsp3) is 0.143. The van der Waals surface area contributed by atoms with E-state index in [2.05, 4.69) is 9.97 Å². The minimum Gasteiger partial charge on any atom is -0.463 e. The van der Waals surface area contributed by atoms with E-state index in [1.165, 1.54) is 18.4 Å². The van der Waals surface area contributed by atoms with Gasteiger partial charge in [-0.15, -0.1) is 0 Å². The van der Waals surface area contributed by atoms with Crippen molar-refractivity contribution in [2.24, 2.45) is 0 Å². The molecule has 7 heteroatoms. The Labute approximate surface area is 119 Å². The number of rotatable bonds is 4. The molecule has 7 nitrogen and oxygen atoms in total. The van der Waals surface area contributed by atoms with Crippen molar-refractivity contribution in [2.75, 3.05) is 7.11 Å². The lowest BCUT2D eigenvalue weighted by Gasteiger charge is -2.06. The minimum atomic E-state index is -0.450. The highest BCUT2D eigenvalue weighted by atomic mass is 16.6. The minimum absolute atomic E-state index is 0.0154. The Morgan fingerprint density at radius 3 is 2.86 bits per heavy atom. The summed E-state index contributed by atoms with van der Waals surface area (Å²) in [5.41, 5.74) is 1.10. The largest absolute Gasteiger partial charge is 0.463 e. The molecule has 2 aromatic heterocycles. The maximum Gasteiger partial charge on any atom is 0.270 e. The smallest absolute Gasteiger partial charge is 0.270 e. The van der Waals surface area contributed by atoms with Crippen LogP contribution in [-0.4, -0.2) is 22.0 Å². The molecule has 21 heavy (non-hydrogen) atoms. The van der Waals surface area contributed by atoms with Gasteiger partial charge in [0.05, 0.1) is 16.7 Å². The van der Waals surface area contributed by atoms with Gasteiger partial charge in [-0.1, -0.05) is 0 Å². The Balaban J connectivity index is 2.28. The van der Waals surface area contributed by atoms with Crippen LogP contribution in [0.15, 0.2) is 41.0 Å². The van der Waals surface area contributed by atoms with E-state index in [1.54, 1.807) is 25.3 Å². The number of hydrogen-bond donors (Lipinski definition) is 0. The van der Waals surface area contributed by atoms with E-state index in [-0.39, 0.29) is 12.3 Å². The Morgan fingerprint density at radius 1 is 1.33 bits per heavy atom. The summed E-state index contributed by atoms with van der Waals surface area (Å²) in [5, 5.41) is 11.5. The number of fused-ring (bicyclic) bond motifs is 1. The summed E-state index contributed by atoms with van der Waals surface area (Å²) in [5.74, 6) is 1.02. The molecular weight excluding hydrogens is 274 g/mol. The third-order valence-electron chi connectivity index (χ3n) is 2.96. The number of nitrogens with zero attached hydrogens (tertiary/aromatic N) is 3. The first-order chi connectivity index (χ1) is 10.2. The lowest BCUT2D eigenvalue weighted by molar-refractivity contribution is -0.384. The van der Waals surface area contributed by atoms with E-state index in [9.17, 15) is 10.1 Å². The first-order valence-electron chi connectivity index (χ1n) is 6.17. The molecule has 3 rings (SSSR count). The molecular formula is C14H11N3O4. The molecule has 0 N–H and O–H groups in total. The van der Waals surface area contributed by atoms with Crippen molar-refractivity contribution >= 4 is 16.6 Å². The normalized spacial score (nSPS) is 10.9. The van der Waals surface area contributed by atoms with Crippen molar-refractivity contribution in [3.8, 4) is 11.5 Å². The van der Waals surface area contributed by atoms with Crippen LogP contribution in [0.1, 0.15) is 5.82 Å². The number of ether oxygens (including phenoxy) is 1. The van der Waals surface area contributed by atoms with Crippen LogP contribution in [0, 0.1) is 10.1 Å². The van der Waals surface area contributed by atoms with E-state index in [4.69, 9.17) is 9.15 Å². The van der Waals surface area contributed by atoms with Crippen LogP contribution in [0.4, 0.5) is 5.69 Å². The van der Waals surface area contributed by atoms with Crippen LogP contribution in [0.3, 0.4) is 0 Å². The molecule has 0 radical (unpaired) electrons. The average molecular weight is 285 g/mol. The summed E-state index contributed by atoms with van der Waals surface area (Å²) in [6.07, 6.45) is 1.52. The number of non-ortho nitro benzene ring substituents is 1. The SMILES string of the molecule is COCc1nc(-c2ccco2)c2cc([N+](=O)[O-])ccc2n1. The molecule has 0 amide bonds. The standard InChI is InChI=1S/C14H11N3O4/c1-20-8-13-15-11-5-4-9(17(18)19)7-10(11)14(16-13)12-3-2-6-21-12/h2-7H,8H2,1H3. The van der Waals surface area contributed by atoms with Crippen LogP contribution in [0.2, 0.25) is 0 Å². The topological polar surface area (TPSA) is 91.3 Å². The zero-order valence-electron chi connectivity index (χ0n) is 11.1. The number of furan rings is 1. The van der Waals surface area contributed by atoms with Crippen molar-refractivity contribution in [3.63, 3.8) is 0 Å². The number of nitro groups is 1. The molecule has 106 valence electrons. The van der Waals surface area contributed by atoms with Gasteiger partial charge >= 0.3 is 0 Å². The van der Waals surface area contributed by atoms with Gasteiger partial charge in [-0.25, -0.2) is 9.97 Å². The zero-order chi connectivity index (χ0) is 14.8. The summed E-state index contributed by atoms with van der Waals surface area (Å²) < 4.78 is 10.4. The van der Waals surface area contributed by atoms with Crippen molar-refractivity contribution < 1.29 is 14.1 Å². The summed E-state index contributed by atoms with van der Waals surface area (Å²) in [4.78, 5) is 19.2. The van der Waals surface area contributed by atoms with Gasteiger partial charge in [-0.2, -0.15) is 0 Å². The van der Waals surface area contributed by atoms with Gasteiger partial charge in [0.25, 0.3) is 5.69 Å². The Hall–Kier alpha value is -2.80. The highest BCUT2D eigenvalue weighted by Crippen LogP contribution is 2.29. The van der Waals surface area contributed by atoms with Crippen LogP contribution in [-0.2, 0) is 11.3 Å². The summed E-state index contributed by atoms with van der Waals surface area (Å²) in [6.45, 7) is 0.251. The Bertz CT molecular complexity index is 799. The number of aromatic nitrogens is 2. The second kappa shape index (κ2) is 5.29. The lowest BCUT2D eigenvalue weighted by atomic mass is 10.1. The number of nitro benzene ring substituents is 1. The summed E-state index contributed by atoms with van der Waals surface area (Å²) >= 11 is 0. The average Bonchev–Trinajstić information content (AvgIpc) is 3.00. The van der Waals surface area contributed by atoms with Crippen LogP contribution >= 0.6 is 0 Å². The molecule has 0 fully saturated rings. The van der Waals surface area contributed by atoms with Gasteiger partial charge in [0.2, 0.25) is 0 Å². The van der Waals surface area contributed by atoms with E-state index >= 15 is 0 Å². The third-order valence-corrected chi connectivity index (χ3v) is 2.96. The maximum atomic E-state index is 10.9. The molecule has 0 spiro atoms. The molecule has 0 bridgehead atoms. The Kier molecular flexibility index (Phi) is 3.33. The van der Waals surface area contributed by atoms with Gasteiger partial charge < -0.3 is 9.15 Å². The Morgan fingerprint density at radius 2 is 2.19 bits per heavy atom. The maximum absolute atomic E-state index is 10.9. The van der Waals surface area contributed by atoms with Gasteiger partial charge in [-0.05, 0) is 18.2 Å². The number of benzene rings is 1. The molecule has 0 saturated heterocycles. The van der Waals surface area contributed by atoms with Crippen molar-refractivity contribution in [2.45, 2.75) is 6.61 Å². The molecule has 1 aromatic carbocycles. The monoisotopic (exact) mass is 285 g/mol. The van der Waals surface area contributed by atoms with Crippen LogP contribution in [0.25, 0.3) is 22.4 Å². The lowest BCUT2D eigenvalue weighted by Crippen LogP contribution is -2.00.